The number of anilines is 2. The molecule has 1 unspecified atom stereocenters. The van der Waals surface area contributed by atoms with Crippen LogP contribution >= 0.6 is 11.3 Å². The third-order valence-corrected chi connectivity index (χ3v) is 3.95. The molecule has 0 radical (unpaired) electrons. The van der Waals surface area contributed by atoms with E-state index in [2.05, 4.69) is 5.32 Å². The van der Waals surface area contributed by atoms with E-state index >= 15 is 0 Å². The average Bonchev–Trinajstić information content (AvgIpc) is 2.95. The first kappa shape index (κ1) is 17.0. The van der Waals surface area contributed by atoms with Gasteiger partial charge in [0.15, 0.2) is 0 Å². The van der Waals surface area contributed by atoms with E-state index in [0.29, 0.717) is 17.1 Å². The minimum Gasteiger partial charge on any atom is -0.392 e. The third kappa shape index (κ3) is 4.80. The number of nitrogens with two attached hydrogens (primary N) is 1. The smallest absolute Gasteiger partial charge is 0.251 e. The maximum atomic E-state index is 12.3. The first-order valence-electron chi connectivity index (χ1n) is 7.12. The number of rotatable bonds is 7. The highest BCUT2D eigenvalue weighted by Gasteiger charge is 2.16. The van der Waals surface area contributed by atoms with Crippen LogP contribution < -0.4 is 16.0 Å². The molecule has 2 aromatic rings. The number of hydrogen-bond acceptors (Lipinski definition) is 5. The summed E-state index contributed by atoms with van der Waals surface area (Å²) in [5.74, 6) is -0.857. The van der Waals surface area contributed by atoms with Crippen LogP contribution in [0.3, 0.4) is 0 Å². The molecule has 122 valence electrons. The minimum absolute atomic E-state index is 0.0605. The van der Waals surface area contributed by atoms with Crippen LogP contribution in [-0.4, -0.2) is 36.1 Å². The molecule has 1 atom stereocenters. The number of primary amides is 1. The van der Waals surface area contributed by atoms with Gasteiger partial charge >= 0.3 is 0 Å². The lowest BCUT2D eigenvalue weighted by Crippen LogP contribution is -2.37. The molecule has 0 bridgehead atoms. The summed E-state index contributed by atoms with van der Waals surface area (Å²) < 4.78 is 0. The van der Waals surface area contributed by atoms with Gasteiger partial charge in [0.2, 0.25) is 5.91 Å². The number of carbonyl (C=O) groups excluding carboxylic acids is 2. The highest BCUT2D eigenvalue weighted by atomic mass is 32.1. The highest BCUT2D eigenvalue weighted by Crippen LogP contribution is 2.23. The van der Waals surface area contributed by atoms with E-state index in [9.17, 15) is 14.7 Å². The topological polar surface area (TPSA) is 95.7 Å². The van der Waals surface area contributed by atoms with Crippen molar-refractivity contribution < 1.29 is 14.7 Å². The lowest BCUT2D eigenvalue weighted by Gasteiger charge is -2.25. The summed E-state index contributed by atoms with van der Waals surface area (Å²) in [6.45, 7) is 2.05. The van der Waals surface area contributed by atoms with E-state index in [1.807, 2.05) is 30.3 Å². The van der Waals surface area contributed by atoms with Gasteiger partial charge < -0.3 is 21.1 Å². The van der Waals surface area contributed by atoms with Gasteiger partial charge in [0.25, 0.3) is 5.91 Å². The third-order valence-electron chi connectivity index (χ3n) is 3.12. The molecule has 0 saturated carbocycles. The number of para-hydroxylation sites is 1. The highest BCUT2D eigenvalue weighted by molar-refractivity contribution is 7.14. The Balaban J connectivity index is 2.08. The van der Waals surface area contributed by atoms with Crippen molar-refractivity contribution in [3.05, 3.63) is 47.3 Å². The average molecular weight is 333 g/mol. The van der Waals surface area contributed by atoms with Crippen molar-refractivity contribution in [1.29, 1.82) is 0 Å². The molecule has 0 saturated heterocycles. The zero-order valence-corrected chi connectivity index (χ0v) is 13.5. The molecular weight excluding hydrogens is 314 g/mol. The Morgan fingerprint density at radius 3 is 2.61 bits per heavy atom. The molecule has 2 rings (SSSR count). The number of carbonyl (C=O) groups is 2. The molecule has 0 aliphatic rings. The fourth-order valence-electron chi connectivity index (χ4n) is 2.16. The fraction of sp³-hybridized carbons (Fsp3) is 0.250. The summed E-state index contributed by atoms with van der Waals surface area (Å²) in [5.41, 5.74) is 6.40. The van der Waals surface area contributed by atoms with Crippen LogP contribution in [0.25, 0.3) is 0 Å². The maximum Gasteiger partial charge on any atom is 0.251 e. The Labute approximate surface area is 138 Å². The Hall–Kier alpha value is -2.38. The van der Waals surface area contributed by atoms with E-state index in [-0.39, 0.29) is 12.5 Å². The van der Waals surface area contributed by atoms with Crippen molar-refractivity contribution in [2.75, 3.05) is 23.3 Å². The maximum absolute atomic E-state index is 12.3. The lowest BCUT2D eigenvalue weighted by atomic mass is 10.2. The van der Waals surface area contributed by atoms with Crippen LogP contribution in [0, 0.1) is 0 Å². The molecule has 0 fully saturated rings. The second-order valence-corrected chi connectivity index (χ2v) is 6.06. The molecule has 6 nitrogen and oxygen atoms in total. The van der Waals surface area contributed by atoms with Crippen molar-refractivity contribution in [3.63, 3.8) is 0 Å². The van der Waals surface area contributed by atoms with Crippen LogP contribution in [0.5, 0.6) is 0 Å². The van der Waals surface area contributed by atoms with E-state index in [1.54, 1.807) is 23.3 Å². The summed E-state index contributed by atoms with van der Waals surface area (Å²) in [6.07, 6.45) is -0.578. The zero-order valence-electron chi connectivity index (χ0n) is 12.7. The molecular formula is C16H19N3O3S. The zero-order chi connectivity index (χ0) is 16.8. The number of amides is 2. The van der Waals surface area contributed by atoms with E-state index < -0.39 is 12.0 Å². The van der Waals surface area contributed by atoms with Crippen molar-refractivity contribution in [2.45, 2.75) is 13.0 Å². The fourth-order valence-corrected chi connectivity index (χ4v) is 2.97. The number of aliphatic hydroxyl groups excluding tert-OH is 1. The van der Waals surface area contributed by atoms with Gasteiger partial charge in [-0.3, -0.25) is 9.59 Å². The Bertz CT molecular complexity index is 670. The number of thiophene rings is 1. The summed E-state index contributed by atoms with van der Waals surface area (Å²) in [4.78, 5) is 25.3. The quantitative estimate of drug-likeness (QED) is 0.718. The van der Waals surface area contributed by atoms with Gasteiger partial charge in [-0.25, -0.2) is 0 Å². The minimum atomic E-state index is -0.578. The van der Waals surface area contributed by atoms with Gasteiger partial charge in [-0.2, -0.15) is 0 Å². The van der Waals surface area contributed by atoms with Gasteiger partial charge in [-0.05, 0) is 30.5 Å². The van der Waals surface area contributed by atoms with Gasteiger partial charge in [0, 0.05) is 12.2 Å². The first-order valence-corrected chi connectivity index (χ1v) is 8.00. The van der Waals surface area contributed by atoms with Crippen molar-refractivity contribution in [3.8, 4) is 0 Å². The monoisotopic (exact) mass is 333 g/mol. The van der Waals surface area contributed by atoms with E-state index in [4.69, 9.17) is 5.73 Å². The standard InChI is InChI=1S/C16H19N3O3S/c1-11(20)9-19(12-5-3-2-4-6-12)10-14(21)18-16-13(15(17)22)7-8-23-16/h2-8,11,20H,9-10H2,1H3,(H2,17,22)(H,18,21). The van der Waals surface area contributed by atoms with Gasteiger partial charge in [0.05, 0.1) is 18.2 Å². The SMILES string of the molecule is CC(O)CN(CC(=O)Nc1sccc1C(N)=O)c1ccccc1. The summed E-state index contributed by atoms with van der Waals surface area (Å²) in [6, 6.07) is 10.9. The summed E-state index contributed by atoms with van der Waals surface area (Å²) >= 11 is 1.24. The van der Waals surface area contributed by atoms with Crippen molar-refractivity contribution in [1.82, 2.24) is 0 Å². The van der Waals surface area contributed by atoms with Crippen LogP contribution in [0.1, 0.15) is 17.3 Å². The molecule has 0 aliphatic carbocycles. The second kappa shape index (κ2) is 7.75. The van der Waals surface area contributed by atoms with Gasteiger partial charge in [-0.15, -0.1) is 11.3 Å². The second-order valence-electron chi connectivity index (χ2n) is 5.14. The molecule has 1 aromatic heterocycles. The molecule has 0 spiro atoms. The van der Waals surface area contributed by atoms with Crippen molar-refractivity contribution in [2.24, 2.45) is 5.73 Å². The molecule has 7 heteroatoms. The Morgan fingerprint density at radius 2 is 2.00 bits per heavy atom. The predicted molar refractivity (Wildman–Crippen MR) is 91.8 cm³/mol. The first-order chi connectivity index (χ1) is 11.0. The number of nitrogens with one attached hydrogen (secondary N) is 1. The summed E-state index contributed by atoms with van der Waals surface area (Å²) in [7, 11) is 0. The van der Waals surface area contributed by atoms with Crippen molar-refractivity contribution >= 4 is 33.8 Å². The van der Waals surface area contributed by atoms with Gasteiger partial charge in [0.1, 0.15) is 5.00 Å². The summed E-state index contributed by atoms with van der Waals surface area (Å²) in [5, 5.41) is 14.5. The molecule has 0 aliphatic heterocycles. The molecule has 1 heterocycles. The Morgan fingerprint density at radius 1 is 1.30 bits per heavy atom. The molecule has 1 aromatic carbocycles. The Kier molecular flexibility index (Phi) is 5.72. The van der Waals surface area contributed by atoms with Crippen LogP contribution in [-0.2, 0) is 4.79 Å². The molecule has 2 amide bonds. The number of aliphatic hydroxyl groups is 1. The number of nitrogens with zero attached hydrogens (tertiary/aromatic N) is 1. The van der Waals surface area contributed by atoms with E-state index in [0.717, 1.165) is 5.69 Å². The largest absolute Gasteiger partial charge is 0.392 e. The number of benzene rings is 1. The normalized spacial score (nSPS) is 11.7. The molecule has 4 N–H and O–H groups in total. The van der Waals surface area contributed by atoms with Crippen LogP contribution in [0.4, 0.5) is 10.7 Å². The van der Waals surface area contributed by atoms with E-state index in [1.165, 1.54) is 11.3 Å². The molecule has 23 heavy (non-hydrogen) atoms. The van der Waals surface area contributed by atoms with Crippen LogP contribution in [0.15, 0.2) is 41.8 Å². The number of hydrogen-bond donors (Lipinski definition) is 3. The van der Waals surface area contributed by atoms with Gasteiger partial charge in [-0.1, -0.05) is 18.2 Å². The lowest BCUT2D eigenvalue weighted by molar-refractivity contribution is -0.115. The predicted octanol–water partition coefficient (Wildman–Crippen LogP) is 1.67. The van der Waals surface area contributed by atoms with Crippen LogP contribution in [0.2, 0.25) is 0 Å².